The first-order valence-corrected chi connectivity index (χ1v) is 6.02. The van der Waals surface area contributed by atoms with Crippen molar-refractivity contribution >= 4 is 0 Å². The Balaban J connectivity index is 2.03. The minimum Gasteiger partial charge on any atom is -0.489 e. The third-order valence-corrected chi connectivity index (χ3v) is 3.21. The Hall–Kier alpha value is -1.53. The maximum Gasteiger partial charge on any atom is 0.137 e. The minimum atomic E-state index is 0.170. The molecule has 0 N–H and O–H groups in total. The van der Waals surface area contributed by atoms with Gasteiger partial charge in [0.1, 0.15) is 17.9 Å². The van der Waals surface area contributed by atoms with Crippen LogP contribution in [0.1, 0.15) is 31.2 Å². The molecule has 2 rings (SSSR count). The minimum absolute atomic E-state index is 0.170. The summed E-state index contributed by atoms with van der Waals surface area (Å²) in [6.45, 7) is 0. The molecule has 1 saturated carbocycles. The second-order valence-electron chi connectivity index (χ2n) is 4.37. The van der Waals surface area contributed by atoms with Gasteiger partial charge in [-0.3, -0.25) is 0 Å². The Morgan fingerprint density at radius 3 is 2.76 bits per heavy atom. The quantitative estimate of drug-likeness (QED) is 0.803. The molecule has 3 nitrogen and oxygen atoms in total. The summed E-state index contributed by atoms with van der Waals surface area (Å²) >= 11 is 0. The van der Waals surface area contributed by atoms with Gasteiger partial charge in [-0.2, -0.15) is 5.26 Å². The van der Waals surface area contributed by atoms with Crippen LogP contribution < -0.4 is 4.74 Å². The summed E-state index contributed by atoms with van der Waals surface area (Å²) in [7, 11) is 1.75. The number of benzene rings is 1. The summed E-state index contributed by atoms with van der Waals surface area (Å²) < 4.78 is 11.3. The first-order chi connectivity index (χ1) is 8.33. The largest absolute Gasteiger partial charge is 0.489 e. The maximum atomic E-state index is 8.99. The number of nitriles is 1. The van der Waals surface area contributed by atoms with Gasteiger partial charge in [-0.15, -0.1) is 0 Å². The van der Waals surface area contributed by atoms with E-state index in [2.05, 4.69) is 6.07 Å². The van der Waals surface area contributed by atoms with Crippen LogP contribution in [0.3, 0.4) is 0 Å². The van der Waals surface area contributed by atoms with E-state index in [1.54, 1.807) is 13.2 Å². The number of rotatable bonds is 3. The van der Waals surface area contributed by atoms with Crippen molar-refractivity contribution in [1.82, 2.24) is 0 Å². The number of methoxy groups -OCH3 is 1. The van der Waals surface area contributed by atoms with Crippen LogP contribution in [0.4, 0.5) is 0 Å². The van der Waals surface area contributed by atoms with Gasteiger partial charge in [0.15, 0.2) is 0 Å². The van der Waals surface area contributed by atoms with E-state index in [4.69, 9.17) is 14.7 Å². The van der Waals surface area contributed by atoms with Crippen molar-refractivity contribution in [3.63, 3.8) is 0 Å². The third-order valence-electron chi connectivity index (χ3n) is 3.21. The van der Waals surface area contributed by atoms with Gasteiger partial charge in [-0.25, -0.2) is 0 Å². The first kappa shape index (κ1) is 11.9. The normalized spacial score (nSPS) is 24.0. The highest BCUT2D eigenvalue weighted by molar-refractivity contribution is 5.42. The van der Waals surface area contributed by atoms with Crippen molar-refractivity contribution in [2.75, 3.05) is 7.11 Å². The van der Waals surface area contributed by atoms with Gasteiger partial charge in [-0.1, -0.05) is 12.1 Å². The molecule has 1 fully saturated rings. The molecule has 1 aliphatic rings. The molecule has 0 aromatic heterocycles. The lowest BCUT2D eigenvalue weighted by atomic mass is 9.95. The predicted molar refractivity (Wildman–Crippen MR) is 64.8 cm³/mol. The first-order valence-electron chi connectivity index (χ1n) is 6.02. The van der Waals surface area contributed by atoms with Crippen LogP contribution >= 0.6 is 0 Å². The van der Waals surface area contributed by atoms with E-state index in [0.717, 1.165) is 25.7 Å². The zero-order valence-electron chi connectivity index (χ0n) is 10.1. The zero-order valence-corrected chi connectivity index (χ0v) is 10.1. The summed E-state index contributed by atoms with van der Waals surface area (Å²) in [4.78, 5) is 0. The van der Waals surface area contributed by atoms with Gasteiger partial charge >= 0.3 is 0 Å². The number of ether oxygens (including phenoxy) is 2. The van der Waals surface area contributed by atoms with E-state index < -0.39 is 0 Å². The average Bonchev–Trinajstić information content (AvgIpc) is 2.39. The van der Waals surface area contributed by atoms with Crippen molar-refractivity contribution in [1.29, 1.82) is 5.26 Å². The standard InChI is InChI=1S/C14H17NO2/c1-16-12-6-4-7-13(9-12)17-14-8-3-2-5-11(14)10-15/h2-3,5,8,12-13H,4,6-7,9H2,1H3. The van der Waals surface area contributed by atoms with Gasteiger partial charge in [0, 0.05) is 13.5 Å². The second kappa shape index (κ2) is 5.70. The summed E-state index contributed by atoms with van der Waals surface area (Å²) in [6.07, 6.45) is 4.65. The second-order valence-corrected chi connectivity index (χ2v) is 4.37. The molecular formula is C14H17NO2. The van der Waals surface area contributed by atoms with Gasteiger partial charge < -0.3 is 9.47 Å². The van der Waals surface area contributed by atoms with Crippen molar-refractivity contribution in [2.24, 2.45) is 0 Å². The number of para-hydroxylation sites is 1. The fourth-order valence-electron chi connectivity index (χ4n) is 2.26. The van der Waals surface area contributed by atoms with E-state index >= 15 is 0 Å². The third kappa shape index (κ3) is 2.98. The zero-order chi connectivity index (χ0) is 12.1. The highest BCUT2D eigenvalue weighted by Crippen LogP contribution is 2.26. The van der Waals surface area contributed by atoms with E-state index in [0.29, 0.717) is 17.4 Å². The molecule has 17 heavy (non-hydrogen) atoms. The summed E-state index contributed by atoms with van der Waals surface area (Å²) in [5.74, 6) is 0.691. The highest BCUT2D eigenvalue weighted by Gasteiger charge is 2.23. The Morgan fingerprint density at radius 2 is 2.00 bits per heavy atom. The molecule has 0 amide bonds. The van der Waals surface area contributed by atoms with E-state index in [1.165, 1.54) is 0 Å². The number of nitrogens with zero attached hydrogens (tertiary/aromatic N) is 1. The Bertz CT molecular complexity index is 411. The van der Waals surface area contributed by atoms with Crippen LogP contribution in [0.2, 0.25) is 0 Å². The van der Waals surface area contributed by atoms with Gasteiger partial charge in [0.25, 0.3) is 0 Å². The van der Waals surface area contributed by atoms with Crippen LogP contribution in [0.5, 0.6) is 5.75 Å². The Labute approximate surface area is 102 Å². The molecule has 0 bridgehead atoms. The van der Waals surface area contributed by atoms with Crippen LogP contribution in [-0.4, -0.2) is 19.3 Å². The molecule has 1 aromatic carbocycles. The van der Waals surface area contributed by atoms with Crippen LogP contribution in [0.15, 0.2) is 24.3 Å². The molecule has 2 atom stereocenters. The molecule has 3 heteroatoms. The number of hydrogen-bond acceptors (Lipinski definition) is 3. The van der Waals surface area contributed by atoms with Crippen LogP contribution in [0.25, 0.3) is 0 Å². The Kier molecular flexibility index (Phi) is 4.00. The van der Waals surface area contributed by atoms with Crippen molar-refractivity contribution in [3.8, 4) is 11.8 Å². The average molecular weight is 231 g/mol. The summed E-state index contributed by atoms with van der Waals surface area (Å²) in [6, 6.07) is 9.54. The van der Waals surface area contributed by atoms with Crippen LogP contribution in [0, 0.1) is 11.3 Å². The molecule has 0 saturated heterocycles. The molecule has 0 aliphatic heterocycles. The number of hydrogen-bond donors (Lipinski definition) is 0. The lowest BCUT2D eigenvalue weighted by Crippen LogP contribution is -2.29. The molecule has 1 aromatic rings. The Morgan fingerprint density at radius 1 is 1.24 bits per heavy atom. The molecule has 0 radical (unpaired) electrons. The van der Waals surface area contributed by atoms with E-state index in [9.17, 15) is 0 Å². The van der Waals surface area contributed by atoms with E-state index in [1.807, 2.05) is 18.2 Å². The van der Waals surface area contributed by atoms with Gasteiger partial charge in [0.2, 0.25) is 0 Å². The fraction of sp³-hybridized carbons (Fsp3) is 0.500. The van der Waals surface area contributed by atoms with Crippen molar-refractivity contribution < 1.29 is 9.47 Å². The fourth-order valence-corrected chi connectivity index (χ4v) is 2.26. The lowest BCUT2D eigenvalue weighted by Gasteiger charge is -2.28. The van der Waals surface area contributed by atoms with Crippen molar-refractivity contribution in [2.45, 2.75) is 37.9 Å². The monoisotopic (exact) mass is 231 g/mol. The lowest BCUT2D eigenvalue weighted by molar-refractivity contribution is 0.0209. The molecule has 0 spiro atoms. The SMILES string of the molecule is COC1CCCC(Oc2ccccc2C#N)C1. The molecule has 1 aliphatic carbocycles. The van der Waals surface area contributed by atoms with Crippen molar-refractivity contribution in [3.05, 3.63) is 29.8 Å². The molecule has 90 valence electrons. The highest BCUT2D eigenvalue weighted by atomic mass is 16.5. The van der Waals surface area contributed by atoms with Crippen LogP contribution in [-0.2, 0) is 4.74 Å². The smallest absolute Gasteiger partial charge is 0.137 e. The summed E-state index contributed by atoms with van der Waals surface area (Å²) in [5.41, 5.74) is 0.604. The van der Waals surface area contributed by atoms with E-state index in [-0.39, 0.29) is 6.10 Å². The van der Waals surface area contributed by atoms with Gasteiger partial charge in [0.05, 0.1) is 11.7 Å². The molecule has 2 unspecified atom stereocenters. The summed E-state index contributed by atoms with van der Waals surface area (Å²) in [5, 5.41) is 8.99. The van der Waals surface area contributed by atoms with Gasteiger partial charge in [-0.05, 0) is 31.4 Å². The predicted octanol–water partition coefficient (Wildman–Crippen LogP) is 2.89. The molecule has 0 heterocycles. The molecular weight excluding hydrogens is 214 g/mol. The topological polar surface area (TPSA) is 42.2 Å². The maximum absolute atomic E-state index is 8.99.